The second-order valence-corrected chi connectivity index (χ2v) is 4.38. The van der Waals surface area contributed by atoms with Gasteiger partial charge in [0, 0.05) is 18.3 Å². The maximum atomic E-state index is 9.47. The molecule has 18 heavy (non-hydrogen) atoms. The Hall–Kier alpha value is -1.42. The molecule has 0 aliphatic rings. The summed E-state index contributed by atoms with van der Waals surface area (Å²) in [5.74, 6) is 0.720. The Kier molecular flexibility index (Phi) is 6.36. The van der Waals surface area contributed by atoms with Gasteiger partial charge in [-0.05, 0) is 31.4 Å². The van der Waals surface area contributed by atoms with Crippen LogP contribution >= 0.6 is 0 Å². The number of hydrogen-bond donors (Lipinski definition) is 3. The highest BCUT2D eigenvalue weighted by atomic mass is 16.5. The summed E-state index contributed by atoms with van der Waals surface area (Å²) in [6.45, 7) is 5.45. The summed E-state index contributed by atoms with van der Waals surface area (Å²) < 4.78 is 5.56. The van der Waals surface area contributed by atoms with E-state index in [0.717, 1.165) is 37.2 Å². The molecule has 0 fully saturated rings. The Labute approximate surface area is 109 Å². The van der Waals surface area contributed by atoms with Crippen molar-refractivity contribution in [2.24, 2.45) is 0 Å². The van der Waals surface area contributed by atoms with E-state index in [1.54, 1.807) is 0 Å². The summed E-state index contributed by atoms with van der Waals surface area (Å²) in [7, 11) is 0. The van der Waals surface area contributed by atoms with Gasteiger partial charge in [0.2, 0.25) is 0 Å². The summed E-state index contributed by atoms with van der Waals surface area (Å²) in [6, 6.07) is 5.67. The second kappa shape index (κ2) is 7.82. The quantitative estimate of drug-likeness (QED) is 0.622. The first-order chi connectivity index (χ1) is 8.67. The molecule has 4 nitrogen and oxygen atoms in total. The van der Waals surface area contributed by atoms with E-state index in [0.29, 0.717) is 12.3 Å². The van der Waals surface area contributed by atoms with E-state index in [9.17, 15) is 5.11 Å². The molecule has 0 bridgehead atoms. The predicted molar refractivity (Wildman–Crippen MR) is 76.0 cm³/mol. The lowest BCUT2D eigenvalue weighted by molar-refractivity contribution is 0.164. The molecule has 4 heteroatoms. The summed E-state index contributed by atoms with van der Waals surface area (Å²) in [6.07, 6.45) is 2.25. The highest BCUT2D eigenvalue weighted by molar-refractivity contribution is 5.61. The van der Waals surface area contributed by atoms with Gasteiger partial charge in [-0.1, -0.05) is 13.8 Å². The van der Waals surface area contributed by atoms with Crippen LogP contribution in [0.3, 0.4) is 0 Å². The summed E-state index contributed by atoms with van der Waals surface area (Å²) in [5, 5.41) is 12.7. The molecule has 1 atom stereocenters. The number of ether oxygens (including phenoxy) is 1. The van der Waals surface area contributed by atoms with Crippen LogP contribution < -0.4 is 15.8 Å². The number of benzene rings is 1. The van der Waals surface area contributed by atoms with Crippen LogP contribution in [0.25, 0.3) is 0 Å². The zero-order valence-corrected chi connectivity index (χ0v) is 11.3. The van der Waals surface area contributed by atoms with E-state index in [1.807, 2.05) is 25.1 Å². The van der Waals surface area contributed by atoms with Crippen molar-refractivity contribution in [2.75, 3.05) is 24.2 Å². The van der Waals surface area contributed by atoms with Gasteiger partial charge >= 0.3 is 0 Å². The number of anilines is 2. The van der Waals surface area contributed by atoms with Gasteiger partial charge in [0.25, 0.3) is 0 Å². The zero-order valence-electron chi connectivity index (χ0n) is 11.3. The standard InChI is InChI=1S/C14H24N2O2/c1-3-9-18-14-10-11(5-6-13(14)15)16-8-7-12(17)4-2/h5-6,10,12,16-17H,3-4,7-9,15H2,1-2H3. The Bertz CT molecular complexity index is 356. The number of aliphatic hydroxyl groups is 1. The van der Waals surface area contributed by atoms with E-state index < -0.39 is 0 Å². The summed E-state index contributed by atoms with van der Waals surface area (Å²) in [5.41, 5.74) is 7.46. The van der Waals surface area contributed by atoms with Gasteiger partial charge in [-0.15, -0.1) is 0 Å². The van der Waals surface area contributed by atoms with Crippen LogP contribution in [0.1, 0.15) is 33.1 Å². The number of nitrogen functional groups attached to an aromatic ring is 1. The Balaban J connectivity index is 2.50. The van der Waals surface area contributed by atoms with Crippen molar-refractivity contribution < 1.29 is 9.84 Å². The van der Waals surface area contributed by atoms with Gasteiger partial charge in [-0.3, -0.25) is 0 Å². The van der Waals surface area contributed by atoms with Crippen molar-refractivity contribution in [1.29, 1.82) is 0 Å². The van der Waals surface area contributed by atoms with Crippen LogP contribution in [0, 0.1) is 0 Å². The fourth-order valence-electron chi connectivity index (χ4n) is 1.57. The number of rotatable bonds is 8. The molecule has 0 aliphatic carbocycles. The zero-order chi connectivity index (χ0) is 13.4. The van der Waals surface area contributed by atoms with Crippen LogP contribution in [0.5, 0.6) is 5.75 Å². The van der Waals surface area contributed by atoms with Gasteiger partial charge in [0.05, 0.1) is 18.4 Å². The van der Waals surface area contributed by atoms with Crippen molar-refractivity contribution in [3.8, 4) is 5.75 Å². The summed E-state index contributed by atoms with van der Waals surface area (Å²) >= 11 is 0. The maximum Gasteiger partial charge on any atom is 0.144 e. The SMILES string of the molecule is CCCOc1cc(NCCC(O)CC)ccc1N. The molecule has 0 aliphatic heterocycles. The number of aliphatic hydroxyl groups excluding tert-OH is 1. The Morgan fingerprint density at radius 3 is 2.83 bits per heavy atom. The predicted octanol–water partition coefficient (Wildman–Crippen LogP) is 2.63. The molecule has 0 aromatic heterocycles. The van der Waals surface area contributed by atoms with Gasteiger partial charge in [-0.25, -0.2) is 0 Å². The molecule has 0 heterocycles. The molecule has 1 rings (SSSR count). The summed E-state index contributed by atoms with van der Waals surface area (Å²) in [4.78, 5) is 0. The van der Waals surface area contributed by atoms with Crippen LogP contribution in [0.15, 0.2) is 18.2 Å². The van der Waals surface area contributed by atoms with Crippen molar-refractivity contribution in [3.63, 3.8) is 0 Å². The molecule has 1 aromatic rings. The Morgan fingerprint density at radius 2 is 2.17 bits per heavy atom. The minimum absolute atomic E-state index is 0.234. The van der Waals surface area contributed by atoms with Gasteiger partial charge < -0.3 is 20.9 Å². The van der Waals surface area contributed by atoms with E-state index in [4.69, 9.17) is 10.5 Å². The number of hydrogen-bond acceptors (Lipinski definition) is 4. The first-order valence-electron chi connectivity index (χ1n) is 6.61. The molecule has 1 unspecified atom stereocenters. The van der Waals surface area contributed by atoms with Crippen molar-refractivity contribution in [1.82, 2.24) is 0 Å². The molecule has 4 N–H and O–H groups in total. The third kappa shape index (κ3) is 4.84. The maximum absolute atomic E-state index is 9.47. The van der Waals surface area contributed by atoms with Crippen LogP contribution in [-0.4, -0.2) is 24.4 Å². The third-order valence-corrected chi connectivity index (χ3v) is 2.75. The van der Waals surface area contributed by atoms with E-state index in [-0.39, 0.29) is 6.10 Å². The van der Waals surface area contributed by atoms with Crippen molar-refractivity contribution in [3.05, 3.63) is 18.2 Å². The van der Waals surface area contributed by atoms with E-state index >= 15 is 0 Å². The van der Waals surface area contributed by atoms with Gasteiger partial charge in [0.15, 0.2) is 0 Å². The smallest absolute Gasteiger partial charge is 0.144 e. The fourth-order valence-corrected chi connectivity index (χ4v) is 1.57. The monoisotopic (exact) mass is 252 g/mol. The molecule has 102 valence electrons. The second-order valence-electron chi connectivity index (χ2n) is 4.38. The first-order valence-corrected chi connectivity index (χ1v) is 6.61. The molecular formula is C14H24N2O2. The molecule has 1 aromatic carbocycles. The first kappa shape index (κ1) is 14.6. The molecule has 0 saturated heterocycles. The lowest BCUT2D eigenvalue weighted by Gasteiger charge is -2.13. The highest BCUT2D eigenvalue weighted by Crippen LogP contribution is 2.25. The van der Waals surface area contributed by atoms with E-state index in [1.165, 1.54) is 0 Å². The average molecular weight is 252 g/mol. The highest BCUT2D eigenvalue weighted by Gasteiger charge is 2.03. The molecular weight excluding hydrogens is 228 g/mol. The molecule has 0 radical (unpaired) electrons. The average Bonchev–Trinajstić information content (AvgIpc) is 2.38. The van der Waals surface area contributed by atoms with Gasteiger partial charge in [-0.2, -0.15) is 0 Å². The minimum atomic E-state index is -0.234. The van der Waals surface area contributed by atoms with Crippen LogP contribution in [0.2, 0.25) is 0 Å². The molecule has 0 spiro atoms. The number of nitrogens with two attached hydrogens (primary N) is 1. The fraction of sp³-hybridized carbons (Fsp3) is 0.571. The van der Waals surface area contributed by atoms with Crippen molar-refractivity contribution in [2.45, 2.75) is 39.2 Å². The van der Waals surface area contributed by atoms with Crippen molar-refractivity contribution >= 4 is 11.4 Å². The Morgan fingerprint density at radius 1 is 1.39 bits per heavy atom. The lowest BCUT2D eigenvalue weighted by Crippen LogP contribution is -2.12. The minimum Gasteiger partial charge on any atom is -0.491 e. The molecule has 0 saturated carbocycles. The van der Waals surface area contributed by atoms with Crippen LogP contribution in [0.4, 0.5) is 11.4 Å². The van der Waals surface area contributed by atoms with Gasteiger partial charge in [0.1, 0.15) is 5.75 Å². The number of nitrogens with one attached hydrogen (secondary N) is 1. The van der Waals surface area contributed by atoms with E-state index in [2.05, 4.69) is 12.2 Å². The topological polar surface area (TPSA) is 67.5 Å². The normalized spacial score (nSPS) is 12.2. The molecule has 0 amide bonds. The van der Waals surface area contributed by atoms with Crippen LogP contribution in [-0.2, 0) is 0 Å². The largest absolute Gasteiger partial charge is 0.491 e. The third-order valence-electron chi connectivity index (χ3n) is 2.75. The lowest BCUT2D eigenvalue weighted by atomic mass is 10.2.